The Morgan fingerprint density at radius 1 is 1.52 bits per heavy atom. The van der Waals surface area contributed by atoms with E-state index in [2.05, 4.69) is 4.74 Å². The molecule has 1 aromatic rings. The predicted octanol–water partition coefficient (Wildman–Crippen LogP) is 0.502. The quantitative estimate of drug-likeness (QED) is 0.822. The second-order valence-corrected chi connectivity index (χ2v) is 4.82. The molecule has 1 amide bonds. The third kappa shape index (κ3) is 3.21. The highest BCUT2D eigenvalue weighted by Gasteiger charge is 2.40. The fourth-order valence-corrected chi connectivity index (χ4v) is 2.46. The number of alkyl halides is 2. The van der Waals surface area contributed by atoms with Crippen LogP contribution < -0.4 is 0 Å². The topological polar surface area (TPSA) is 71.8 Å². The molecule has 1 aromatic heterocycles. The van der Waals surface area contributed by atoms with Crippen LogP contribution in [0.2, 0.25) is 0 Å². The number of carbonyl (C=O) groups excluding carboxylic acids is 2. The van der Waals surface area contributed by atoms with Crippen LogP contribution in [-0.2, 0) is 16.1 Å². The first kappa shape index (κ1) is 15.4. The molecule has 0 aromatic carbocycles. The van der Waals surface area contributed by atoms with Gasteiger partial charge in [0.05, 0.1) is 19.8 Å². The lowest BCUT2D eigenvalue weighted by Gasteiger charge is -2.23. The number of carbonyl (C=O) groups is 2. The Morgan fingerprint density at radius 3 is 2.86 bits per heavy atom. The molecule has 8 heteroatoms. The summed E-state index contributed by atoms with van der Waals surface area (Å²) in [6, 6.07) is 1.99. The number of esters is 1. The first-order valence-electron chi connectivity index (χ1n) is 6.44. The van der Waals surface area contributed by atoms with Crippen molar-refractivity contribution in [3.05, 3.63) is 24.0 Å². The number of aliphatic hydroxyl groups is 1. The number of methoxy groups -OCH3 is 1. The molecule has 1 aliphatic rings. The van der Waals surface area contributed by atoms with Gasteiger partial charge < -0.3 is 19.3 Å². The van der Waals surface area contributed by atoms with Crippen molar-refractivity contribution in [2.75, 3.05) is 13.7 Å². The summed E-state index contributed by atoms with van der Waals surface area (Å²) in [4.78, 5) is 25.2. The van der Waals surface area contributed by atoms with E-state index in [1.165, 1.54) is 25.4 Å². The van der Waals surface area contributed by atoms with Gasteiger partial charge in [-0.15, -0.1) is 0 Å². The molecular formula is C13H16F2N2O4. The highest BCUT2D eigenvalue weighted by Crippen LogP contribution is 2.22. The zero-order valence-electron chi connectivity index (χ0n) is 11.4. The molecule has 2 rings (SSSR count). The molecule has 0 radical (unpaired) electrons. The first-order valence-corrected chi connectivity index (χ1v) is 6.44. The van der Waals surface area contributed by atoms with Crippen molar-refractivity contribution < 1.29 is 28.2 Å². The van der Waals surface area contributed by atoms with Crippen LogP contribution in [0.15, 0.2) is 18.3 Å². The van der Waals surface area contributed by atoms with E-state index in [1.54, 1.807) is 0 Å². The summed E-state index contributed by atoms with van der Waals surface area (Å²) < 4.78 is 30.7. The number of aliphatic hydroxyl groups excluding tert-OH is 1. The second-order valence-electron chi connectivity index (χ2n) is 4.82. The Kier molecular flexibility index (Phi) is 4.56. The van der Waals surface area contributed by atoms with Crippen molar-refractivity contribution >= 4 is 11.9 Å². The molecular weight excluding hydrogens is 286 g/mol. The minimum absolute atomic E-state index is 0.0293. The molecule has 21 heavy (non-hydrogen) atoms. The molecule has 1 N–H and O–H groups in total. The smallest absolute Gasteiger partial charge is 0.328 e. The Labute approximate surface area is 119 Å². The summed E-state index contributed by atoms with van der Waals surface area (Å²) in [5.74, 6) is -1.21. The van der Waals surface area contributed by atoms with E-state index in [0.717, 1.165) is 9.47 Å². The minimum Gasteiger partial charge on any atom is -0.467 e. The van der Waals surface area contributed by atoms with Gasteiger partial charge in [0, 0.05) is 19.2 Å². The summed E-state index contributed by atoms with van der Waals surface area (Å²) in [5, 5.41) is 9.65. The molecule has 1 aliphatic heterocycles. The van der Waals surface area contributed by atoms with Gasteiger partial charge in [-0.3, -0.25) is 4.79 Å². The highest BCUT2D eigenvalue weighted by atomic mass is 19.3. The highest BCUT2D eigenvalue weighted by molar-refractivity contribution is 5.96. The first-order chi connectivity index (χ1) is 9.93. The standard InChI is InChI=1S/C13H16F2N2O4/c1-21-13(20)10-5-8(18)6-17(10)12(19)9-3-2-4-16(9)7-11(14)15/h2-4,8,10-11,18H,5-7H2,1H3. The number of rotatable bonds is 4. The zero-order valence-corrected chi connectivity index (χ0v) is 11.4. The van der Waals surface area contributed by atoms with Gasteiger partial charge in [0.25, 0.3) is 12.3 Å². The van der Waals surface area contributed by atoms with Gasteiger partial charge in [-0.05, 0) is 12.1 Å². The van der Waals surface area contributed by atoms with E-state index in [-0.39, 0.29) is 18.7 Å². The SMILES string of the molecule is COC(=O)C1CC(O)CN1C(=O)c1cccn1CC(F)F. The van der Waals surface area contributed by atoms with Crippen LogP contribution in [0.25, 0.3) is 0 Å². The fourth-order valence-electron chi connectivity index (χ4n) is 2.46. The minimum atomic E-state index is -2.59. The lowest BCUT2D eigenvalue weighted by atomic mass is 10.2. The Bertz CT molecular complexity index is 532. The molecule has 116 valence electrons. The predicted molar refractivity (Wildman–Crippen MR) is 67.9 cm³/mol. The summed E-state index contributed by atoms with van der Waals surface area (Å²) in [6.45, 7) is -0.633. The molecule has 1 fully saturated rings. The molecule has 0 aliphatic carbocycles. The Hall–Kier alpha value is -1.96. The average Bonchev–Trinajstić information content (AvgIpc) is 3.03. The van der Waals surface area contributed by atoms with E-state index in [4.69, 9.17) is 0 Å². The number of ether oxygens (including phenoxy) is 1. The third-order valence-electron chi connectivity index (χ3n) is 3.40. The summed E-state index contributed by atoms with van der Waals surface area (Å²) >= 11 is 0. The summed E-state index contributed by atoms with van der Waals surface area (Å²) in [6.07, 6.45) is -1.98. The number of amides is 1. The van der Waals surface area contributed by atoms with Gasteiger partial charge in [-0.25, -0.2) is 13.6 Å². The monoisotopic (exact) mass is 302 g/mol. The summed E-state index contributed by atoms with van der Waals surface area (Å²) in [5.41, 5.74) is 0.0540. The maximum Gasteiger partial charge on any atom is 0.328 e. The van der Waals surface area contributed by atoms with Crippen molar-refractivity contribution in [2.45, 2.75) is 31.5 Å². The van der Waals surface area contributed by atoms with Crippen molar-refractivity contribution in [1.82, 2.24) is 9.47 Å². The van der Waals surface area contributed by atoms with Gasteiger partial charge in [0.1, 0.15) is 11.7 Å². The average molecular weight is 302 g/mol. The van der Waals surface area contributed by atoms with Crippen LogP contribution in [0.4, 0.5) is 8.78 Å². The molecule has 0 saturated carbocycles. The number of halogens is 2. The van der Waals surface area contributed by atoms with Gasteiger partial charge in [0.2, 0.25) is 0 Å². The molecule has 2 unspecified atom stereocenters. The number of β-amino-alcohol motifs (C(OH)–C–C–N with tert-alkyl or cyclic N) is 1. The van der Waals surface area contributed by atoms with Gasteiger partial charge in [-0.2, -0.15) is 0 Å². The Morgan fingerprint density at radius 2 is 2.24 bits per heavy atom. The van der Waals surface area contributed by atoms with Crippen LogP contribution in [0, 0.1) is 0 Å². The molecule has 2 heterocycles. The van der Waals surface area contributed by atoms with Gasteiger partial charge >= 0.3 is 5.97 Å². The lowest BCUT2D eigenvalue weighted by molar-refractivity contribution is -0.145. The van der Waals surface area contributed by atoms with E-state index < -0.39 is 37.0 Å². The van der Waals surface area contributed by atoms with Crippen molar-refractivity contribution in [3.63, 3.8) is 0 Å². The molecule has 2 atom stereocenters. The van der Waals surface area contributed by atoms with Crippen LogP contribution in [-0.4, -0.2) is 58.7 Å². The normalized spacial score (nSPS) is 21.9. The molecule has 0 spiro atoms. The van der Waals surface area contributed by atoms with E-state index >= 15 is 0 Å². The third-order valence-corrected chi connectivity index (χ3v) is 3.40. The second kappa shape index (κ2) is 6.21. The number of aromatic nitrogens is 1. The largest absolute Gasteiger partial charge is 0.467 e. The Balaban J connectivity index is 2.22. The van der Waals surface area contributed by atoms with Crippen molar-refractivity contribution in [1.29, 1.82) is 0 Å². The van der Waals surface area contributed by atoms with E-state index in [1.807, 2.05) is 0 Å². The zero-order chi connectivity index (χ0) is 15.6. The lowest BCUT2D eigenvalue weighted by Crippen LogP contribution is -2.42. The maximum absolute atomic E-state index is 12.5. The molecule has 1 saturated heterocycles. The van der Waals surface area contributed by atoms with Crippen molar-refractivity contribution in [3.8, 4) is 0 Å². The number of nitrogens with zero attached hydrogens (tertiary/aromatic N) is 2. The van der Waals surface area contributed by atoms with Crippen LogP contribution >= 0.6 is 0 Å². The van der Waals surface area contributed by atoms with Gasteiger partial charge in [-0.1, -0.05) is 0 Å². The number of likely N-dealkylation sites (tertiary alicyclic amines) is 1. The van der Waals surface area contributed by atoms with Crippen LogP contribution in [0.3, 0.4) is 0 Å². The number of hydrogen-bond acceptors (Lipinski definition) is 4. The van der Waals surface area contributed by atoms with Gasteiger partial charge in [0.15, 0.2) is 0 Å². The van der Waals surface area contributed by atoms with Crippen LogP contribution in [0.1, 0.15) is 16.9 Å². The van der Waals surface area contributed by atoms with Crippen LogP contribution in [0.5, 0.6) is 0 Å². The molecule has 6 nitrogen and oxygen atoms in total. The molecule has 0 bridgehead atoms. The van der Waals surface area contributed by atoms with Crippen molar-refractivity contribution in [2.24, 2.45) is 0 Å². The maximum atomic E-state index is 12.5. The summed E-state index contributed by atoms with van der Waals surface area (Å²) in [7, 11) is 1.19. The fraction of sp³-hybridized carbons (Fsp3) is 0.538. The number of hydrogen-bond donors (Lipinski definition) is 1. The van der Waals surface area contributed by atoms with E-state index in [9.17, 15) is 23.5 Å². The van der Waals surface area contributed by atoms with E-state index in [0.29, 0.717) is 0 Å².